The molecule has 25 heavy (non-hydrogen) atoms. The van der Waals surface area contributed by atoms with Gasteiger partial charge in [-0.3, -0.25) is 10.1 Å². The van der Waals surface area contributed by atoms with Crippen LogP contribution in [0.25, 0.3) is 34.2 Å². The van der Waals surface area contributed by atoms with Crippen LogP contribution >= 0.6 is 0 Å². The second-order valence-electron chi connectivity index (χ2n) is 5.92. The molecular formula is C21H16FN3. The molecule has 0 radical (unpaired) electrons. The number of pyridine rings is 1. The SMILES string of the molecule is Cc1cccc(/C=C/c2n[nH]c3cc(-c4ccncc4)ccc23)c1F. The van der Waals surface area contributed by atoms with Crippen molar-refractivity contribution < 1.29 is 4.39 Å². The van der Waals surface area contributed by atoms with E-state index in [9.17, 15) is 4.39 Å². The summed E-state index contributed by atoms with van der Waals surface area (Å²) in [5, 5.41) is 8.40. The predicted molar refractivity (Wildman–Crippen MR) is 99.4 cm³/mol. The van der Waals surface area contributed by atoms with E-state index >= 15 is 0 Å². The third-order valence-corrected chi connectivity index (χ3v) is 4.25. The Labute approximate surface area is 144 Å². The van der Waals surface area contributed by atoms with Crippen LogP contribution in [0.2, 0.25) is 0 Å². The van der Waals surface area contributed by atoms with Crippen LogP contribution in [0.1, 0.15) is 16.8 Å². The van der Waals surface area contributed by atoms with Gasteiger partial charge in [-0.1, -0.05) is 24.3 Å². The van der Waals surface area contributed by atoms with Gasteiger partial charge in [0.25, 0.3) is 0 Å². The number of nitrogens with zero attached hydrogens (tertiary/aromatic N) is 2. The largest absolute Gasteiger partial charge is 0.277 e. The molecule has 0 spiro atoms. The van der Waals surface area contributed by atoms with Crippen molar-refractivity contribution >= 4 is 23.1 Å². The number of hydrogen-bond acceptors (Lipinski definition) is 2. The molecule has 4 aromatic rings. The minimum Gasteiger partial charge on any atom is -0.277 e. The summed E-state index contributed by atoms with van der Waals surface area (Å²) in [5.41, 5.74) is 5.13. The van der Waals surface area contributed by atoms with E-state index in [1.807, 2.05) is 30.3 Å². The molecule has 122 valence electrons. The summed E-state index contributed by atoms with van der Waals surface area (Å²) in [6.45, 7) is 1.76. The molecule has 3 nitrogen and oxygen atoms in total. The van der Waals surface area contributed by atoms with E-state index in [1.165, 1.54) is 0 Å². The van der Waals surface area contributed by atoms with Crippen molar-refractivity contribution in [2.45, 2.75) is 6.92 Å². The molecular weight excluding hydrogens is 313 g/mol. The van der Waals surface area contributed by atoms with E-state index in [0.29, 0.717) is 11.1 Å². The molecule has 0 saturated carbocycles. The number of H-pyrrole nitrogens is 1. The Morgan fingerprint density at radius 1 is 0.960 bits per heavy atom. The summed E-state index contributed by atoms with van der Waals surface area (Å²) in [4.78, 5) is 4.04. The molecule has 0 fully saturated rings. The van der Waals surface area contributed by atoms with Crippen LogP contribution in [0.4, 0.5) is 4.39 Å². The molecule has 0 aliphatic heterocycles. The van der Waals surface area contributed by atoms with E-state index in [0.717, 1.165) is 27.7 Å². The number of hydrogen-bond donors (Lipinski definition) is 1. The smallest absolute Gasteiger partial charge is 0.133 e. The predicted octanol–water partition coefficient (Wildman–Crippen LogP) is 5.24. The lowest BCUT2D eigenvalue weighted by molar-refractivity contribution is 0.616. The van der Waals surface area contributed by atoms with Gasteiger partial charge in [0.15, 0.2) is 0 Å². The number of rotatable bonds is 3. The lowest BCUT2D eigenvalue weighted by atomic mass is 10.0. The van der Waals surface area contributed by atoms with E-state index in [4.69, 9.17) is 0 Å². The zero-order valence-electron chi connectivity index (χ0n) is 13.7. The number of benzene rings is 2. The summed E-state index contributed by atoms with van der Waals surface area (Å²) >= 11 is 0. The Bertz CT molecular complexity index is 1070. The zero-order chi connectivity index (χ0) is 17.2. The molecule has 0 unspecified atom stereocenters. The standard InChI is InChI=1S/C21H16FN3/c1-14-3-2-4-16(21(14)22)6-8-19-18-7-5-17(13-20(18)25-24-19)15-9-11-23-12-10-15/h2-13H,1H3,(H,24,25)/b8-6+. The topological polar surface area (TPSA) is 41.6 Å². The maximum Gasteiger partial charge on any atom is 0.133 e. The second kappa shape index (κ2) is 6.32. The highest BCUT2D eigenvalue weighted by molar-refractivity contribution is 5.92. The molecule has 1 N–H and O–H groups in total. The molecule has 0 aliphatic rings. The summed E-state index contributed by atoms with van der Waals surface area (Å²) in [6.07, 6.45) is 7.14. The highest BCUT2D eigenvalue weighted by Gasteiger charge is 2.06. The number of halogens is 1. The lowest BCUT2D eigenvalue weighted by Crippen LogP contribution is -1.86. The van der Waals surface area contributed by atoms with Crippen molar-refractivity contribution in [1.82, 2.24) is 15.2 Å². The maximum absolute atomic E-state index is 14.1. The van der Waals surface area contributed by atoms with E-state index in [2.05, 4.69) is 27.3 Å². The van der Waals surface area contributed by atoms with Gasteiger partial charge in [0.05, 0.1) is 11.2 Å². The number of fused-ring (bicyclic) bond motifs is 1. The first-order valence-corrected chi connectivity index (χ1v) is 8.04. The minimum atomic E-state index is -0.196. The van der Waals surface area contributed by atoms with Crippen LogP contribution in [0, 0.1) is 12.7 Å². The summed E-state index contributed by atoms with van der Waals surface area (Å²) in [7, 11) is 0. The number of aryl methyl sites for hydroxylation is 1. The van der Waals surface area contributed by atoms with Crippen molar-refractivity contribution in [2.75, 3.05) is 0 Å². The first kappa shape index (κ1) is 15.3. The summed E-state index contributed by atoms with van der Waals surface area (Å²) in [5.74, 6) is -0.196. The zero-order valence-corrected chi connectivity index (χ0v) is 13.7. The normalized spacial score (nSPS) is 11.4. The molecule has 0 aliphatic carbocycles. The van der Waals surface area contributed by atoms with Crippen LogP contribution in [0.15, 0.2) is 60.9 Å². The molecule has 4 rings (SSSR count). The fourth-order valence-corrected chi connectivity index (χ4v) is 2.86. The van der Waals surface area contributed by atoms with Gasteiger partial charge in [0.2, 0.25) is 0 Å². The average molecular weight is 329 g/mol. The van der Waals surface area contributed by atoms with Gasteiger partial charge >= 0.3 is 0 Å². The highest BCUT2D eigenvalue weighted by atomic mass is 19.1. The van der Waals surface area contributed by atoms with E-state index < -0.39 is 0 Å². The first-order valence-electron chi connectivity index (χ1n) is 8.04. The van der Waals surface area contributed by atoms with Crippen molar-refractivity contribution in [3.63, 3.8) is 0 Å². The quantitative estimate of drug-likeness (QED) is 0.558. The van der Waals surface area contributed by atoms with E-state index in [1.54, 1.807) is 37.5 Å². The number of aromatic nitrogens is 3. The Balaban J connectivity index is 1.70. The molecule has 2 heterocycles. The van der Waals surface area contributed by atoms with Crippen LogP contribution in [0.3, 0.4) is 0 Å². The molecule has 4 heteroatoms. The van der Waals surface area contributed by atoms with Crippen LogP contribution in [-0.2, 0) is 0 Å². The van der Waals surface area contributed by atoms with Gasteiger partial charge in [-0.25, -0.2) is 4.39 Å². The van der Waals surface area contributed by atoms with E-state index in [-0.39, 0.29) is 5.82 Å². The highest BCUT2D eigenvalue weighted by Crippen LogP contribution is 2.25. The van der Waals surface area contributed by atoms with Crippen molar-refractivity contribution in [2.24, 2.45) is 0 Å². The molecule has 0 saturated heterocycles. The first-order chi connectivity index (χ1) is 12.2. The fraction of sp³-hybridized carbons (Fsp3) is 0.0476. The van der Waals surface area contributed by atoms with Crippen LogP contribution in [0.5, 0.6) is 0 Å². The molecule has 0 bridgehead atoms. The summed E-state index contributed by atoms with van der Waals surface area (Å²) in [6, 6.07) is 15.5. The Morgan fingerprint density at radius 3 is 2.64 bits per heavy atom. The molecule has 0 amide bonds. The van der Waals surface area contributed by atoms with Crippen molar-refractivity contribution in [1.29, 1.82) is 0 Å². The number of aromatic amines is 1. The lowest BCUT2D eigenvalue weighted by Gasteiger charge is -2.01. The third kappa shape index (κ3) is 2.94. The maximum atomic E-state index is 14.1. The monoisotopic (exact) mass is 329 g/mol. The minimum absolute atomic E-state index is 0.196. The Kier molecular flexibility index (Phi) is 3.86. The fourth-order valence-electron chi connectivity index (χ4n) is 2.86. The average Bonchev–Trinajstić information content (AvgIpc) is 3.06. The van der Waals surface area contributed by atoms with Gasteiger partial charge in [-0.2, -0.15) is 5.10 Å². The van der Waals surface area contributed by atoms with Crippen molar-refractivity contribution in [3.05, 3.63) is 83.6 Å². The molecule has 2 aromatic heterocycles. The van der Waals surface area contributed by atoms with Crippen LogP contribution in [-0.4, -0.2) is 15.2 Å². The Hall–Kier alpha value is -3.27. The second-order valence-corrected chi connectivity index (χ2v) is 5.92. The van der Waals surface area contributed by atoms with Gasteiger partial charge in [0, 0.05) is 23.3 Å². The van der Waals surface area contributed by atoms with Gasteiger partial charge in [-0.15, -0.1) is 0 Å². The molecule has 2 aromatic carbocycles. The van der Waals surface area contributed by atoms with Gasteiger partial charge < -0.3 is 0 Å². The van der Waals surface area contributed by atoms with Gasteiger partial charge in [0.1, 0.15) is 5.82 Å². The van der Waals surface area contributed by atoms with Crippen LogP contribution < -0.4 is 0 Å². The molecule has 0 atom stereocenters. The summed E-state index contributed by atoms with van der Waals surface area (Å²) < 4.78 is 14.1. The third-order valence-electron chi connectivity index (χ3n) is 4.25. The Morgan fingerprint density at radius 2 is 1.80 bits per heavy atom. The van der Waals surface area contributed by atoms with Crippen molar-refractivity contribution in [3.8, 4) is 11.1 Å². The van der Waals surface area contributed by atoms with Gasteiger partial charge in [-0.05, 0) is 60.0 Å². The number of nitrogens with one attached hydrogen (secondary N) is 1.